The first-order valence-electron chi connectivity index (χ1n) is 5.44. The van der Waals surface area contributed by atoms with Crippen LogP contribution in [0.25, 0.3) is 0 Å². The second kappa shape index (κ2) is 8.14. The van der Waals surface area contributed by atoms with Crippen LogP contribution in [0.15, 0.2) is 28.7 Å². The second-order valence-corrected chi connectivity index (χ2v) is 4.92. The smallest absolute Gasteiger partial charge is 0.240 e. The Hall–Kier alpha value is -1.11. The molecule has 1 unspecified atom stereocenters. The van der Waals surface area contributed by atoms with Crippen LogP contribution in [0.3, 0.4) is 0 Å². The lowest BCUT2D eigenvalue weighted by Crippen LogP contribution is -2.43. The highest BCUT2D eigenvalue weighted by Gasteiger charge is 2.20. The number of benzene rings is 1. The molecule has 0 fully saturated rings. The van der Waals surface area contributed by atoms with Crippen molar-refractivity contribution in [2.24, 2.45) is 11.5 Å². The molecule has 0 bridgehead atoms. The van der Waals surface area contributed by atoms with Crippen LogP contribution in [-0.2, 0) is 16.1 Å². The summed E-state index contributed by atoms with van der Waals surface area (Å²) < 4.78 is 0.924. The monoisotopic (exact) mass is 349 g/mol. The Morgan fingerprint density at radius 2 is 1.95 bits per heavy atom. The van der Waals surface area contributed by atoms with Crippen molar-refractivity contribution in [3.8, 4) is 0 Å². The van der Waals surface area contributed by atoms with Crippen LogP contribution in [0.1, 0.15) is 12.0 Å². The van der Waals surface area contributed by atoms with Crippen LogP contribution in [0.5, 0.6) is 0 Å². The highest BCUT2D eigenvalue weighted by atomic mass is 79.9. The Morgan fingerprint density at radius 3 is 2.47 bits per heavy atom. The molecule has 1 rings (SSSR count). The van der Waals surface area contributed by atoms with E-state index in [9.17, 15) is 9.59 Å². The van der Waals surface area contributed by atoms with Crippen molar-refractivity contribution >= 4 is 40.2 Å². The van der Waals surface area contributed by atoms with E-state index in [4.69, 9.17) is 11.5 Å². The minimum absolute atomic E-state index is 0. The zero-order chi connectivity index (χ0) is 13.7. The molecule has 19 heavy (non-hydrogen) atoms. The summed E-state index contributed by atoms with van der Waals surface area (Å²) in [5.74, 6) is -0.880. The number of hydrogen-bond acceptors (Lipinski definition) is 3. The molecule has 0 heterocycles. The summed E-state index contributed by atoms with van der Waals surface area (Å²) in [5.41, 5.74) is 11.6. The number of nitrogens with two attached hydrogens (primary N) is 2. The number of carbonyl (C=O) groups excluding carboxylic acids is 2. The lowest BCUT2D eigenvalue weighted by atomic mass is 10.1. The molecule has 0 radical (unpaired) electrons. The van der Waals surface area contributed by atoms with Crippen molar-refractivity contribution in [3.63, 3.8) is 0 Å². The number of likely N-dealkylation sites (N-methyl/N-ethyl adjacent to an activating group) is 1. The van der Waals surface area contributed by atoms with Crippen LogP contribution < -0.4 is 11.5 Å². The normalized spacial score (nSPS) is 11.3. The molecule has 0 aliphatic heterocycles. The molecule has 2 amide bonds. The molecule has 0 spiro atoms. The van der Waals surface area contributed by atoms with Gasteiger partial charge in [0, 0.05) is 18.1 Å². The van der Waals surface area contributed by atoms with Gasteiger partial charge in [0.25, 0.3) is 0 Å². The molecule has 0 saturated carbocycles. The highest BCUT2D eigenvalue weighted by molar-refractivity contribution is 9.10. The maximum Gasteiger partial charge on any atom is 0.240 e. The average molecular weight is 351 g/mol. The van der Waals surface area contributed by atoms with E-state index in [0.717, 1.165) is 10.0 Å². The van der Waals surface area contributed by atoms with E-state index < -0.39 is 11.9 Å². The van der Waals surface area contributed by atoms with Crippen LogP contribution in [0, 0.1) is 0 Å². The lowest BCUT2D eigenvalue weighted by Gasteiger charge is -2.21. The molecule has 0 saturated heterocycles. The fourth-order valence-electron chi connectivity index (χ4n) is 1.55. The summed E-state index contributed by atoms with van der Waals surface area (Å²) >= 11 is 3.41. The predicted octanol–water partition coefficient (Wildman–Crippen LogP) is 1.03. The van der Waals surface area contributed by atoms with Crippen molar-refractivity contribution in [1.82, 2.24) is 4.90 Å². The maximum absolute atomic E-state index is 11.9. The zero-order valence-corrected chi connectivity index (χ0v) is 12.9. The molecule has 1 aromatic carbocycles. The summed E-state index contributed by atoms with van der Waals surface area (Å²) in [7, 11) is 1.64. The zero-order valence-electron chi connectivity index (χ0n) is 10.5. The molecule has 1 atom stereocenters. The maximum atomic E-state index is 11.9. The van der Waals surface area contributed by atoms with Gasteiger partial charge >= 0.3 is 0 Å². The fourth-order valence-corrected chi connectivity index (χ4v) is 1.96. The molecular weight excluding hydrogens is 334 g/mol. The summed E-state index contributed by atoms with van der Waals surface area (Å²) in [5, 5.41) is 0. The van der Waals surface area contributed by atoms with Crippen LogP contribution in [0.2, 0.25) is 0 Å². The first-order chi connectivity index (χ1) is 8.41. The average Bonchev–Trinajstić information content (AvgIpc) is 2.30. The topological polar surface area (TPSA) is 89.4 Å². The van der Waals surface area contributed by atoms with Gasteiger partial charge in [-0.2, -0.15) is 0 Å². The molecule has 7 heteroatoms. The number of nitrogens with zero attached hydrogens (tertiary/aromatic N) is 1. The molecule has 0 aromatic heterocycles. The van der Waals surface area contributed by atoms with Crippen LogP contribution >= 0.6 is 28.3 Å². The van der Waals surface area contributed by atoms with E-state index in [1.807, 2.05) is 24.3 Å². The number of primary amides is 1. The van der Waals surface area contributed by atoms with Gasteiger partial charge in [-0.25, -0.2) is 0 Å². The van der Waals surface area contributed by atoms with Crippen molar-refractivity contribution in [2.75, 3.05) is 7.05 Å². The van der Waals surface area contributed by atoms with Gasteiger partial charge in [0.15, 0.2) is 0 Å². The van der Waals surface area contributed by atoms with E-state index in [1.165, 1.54) is 4.90 Å². The van der Waals surface area contributed by atoms with Gasteiger partial charge in [0.2, 0.25) is 11.8 Å². The van der Waals surface area contributed by atoms with Crippen molar-refractivity contribution < 1.29 is 9.59 Å². The van der Waals surface area contributed by atoms with Crippen LogP contribution in [-0.4, -0.2) is 29.8 Å². The third-order valence-corrected chi connectivity index (χ3v) is 3.25. The summed E-state index contributed by atoms with van der Waals surface area (Å²) in [6, 6.07) is 6.72. The third kappa shape index (κ3) is 5.59. The second-order valence-electron chi connectivity index (χ2n) is 4.06. The van der Waals surface area contributed by atoms with E-state index in [1.54, 1.807) is 7.05 Å². The van der Waals surface area contributed by atoms with Gasteiger partial charge in [-0.3, -0.25) is 9.59 Å². The standard InChI is InChI=1S/C12H16BrN3O2.ClH/c1-16(12(18)10(14)6-11(15)17)7-8-4-2-3-5-9(8)13;/h2-5,10H,6-7,14H2,1H3,(H2,15,17);1H. The van der Waals surface area contributed by atoms with E-state index in [0.29, 0.717) is 6.54 Å². The Balaban J connectivity index is 0.00000324. The summed E-state index contributed by atoms with van der Waals surface area (Å²) in [6.07, 6.45) is -0.140. The summed E-state index contributed by atoms with van der Waals surface area (Å²) in [4.78, 5) is 24.1. The quantitative estimate of drug-likeness (QED) is 0.831. The molecule has 106 valence electrons. The molecule has 1 aromatic rings. The van der Waals surface area contributed by atoms with Gasteiger partial charge in [-0.1, -0.05) is 34.1 Å². The van der Waals surface area contributed by atoms with Gasteiger partial charge in [0.05, 0.1) is 12.5 Å². The third-order valence-electron chi connectivity index (χ3n) is 2.48. The SMILES string of the molecule is CN(Cc1ccccc1Br)C(=O)C(N)CC(N)=O.Cl. The largest absolute Gasteiger partial charge is 0.370 e. The number of amides is 2. The Kier molecular flexibility index (Phi) is 7.66. The minimum atomic E-state index is -0.880. The van der Waals surface area contributed by atoms with Crippen molar-refractivity contribution in [2.45, 2.75) is 19.0 Å². The Morgan fingerprint density at radius 1 is 1.37 bits per heavy atom. The molecule has 0 aliphatic rings. The van der Waals surface area contributed by atoms with Gasteiger partial charge in [-0.05, 0) is 11.6 Å². The van der Waals surface area contributed by atoms with Crippen LogP contribution in [0.4, 0.5) is 0 Å². The number of rotatable bonds is 5. The number of carbonyl (C=O) groups is 2. The van der Waals surface area contributed by atoms with Gasteiger partial charge < -0.3 is 16.4 Å². The molecule has 0 aliphatic carbocycles. The first kappa shape index (κ1) is 17.9. The highest BCUT2D eigenvalue weighted by Crippen LogP contribution is 2.17. The summed E-state index contributed by atoms with van der Waals surface area (Å²) in [6.45, 7) is 0.423. The first-order valence-corrected chi connectivity index (χ1v) is 6.23. The minimum Gasteiger partial charge on any atom is -0.370 e. The lowest BCUT2D eigenvalue weighted by molar-refractivity contribution is -0.133. The molecular formula is C12H17BrClN3O2. The Labute approximate surface area is 126 Å². The van der Waals surface area contributed by atoms with E-state index in [-0.39, 0.29) is 24.7 Å². The molecule has 5 nitrogen and oxygen atoms in total. The van der Waals surface area contributed by atoms with Gasteiger partial charge in [0.1, 0.15) is 0 Å². The number of halogens is 2. The number of hydrogen-bond donors (Lipinski definition) is 2. The molecule has 4 N–H and O–H groups in total. The Bertz CT molecular complexity index is 456. The van der Waals surface area contributed by atoms with Crippen molar-refractivity contribution in [3.05, 3.63) is 34.3 Å². The predicted molar refractivity (Wildman–Crippen MR) is 79.7 cm³/mol. The van der Waals surface area contributed by atoms with E-state index >= 15 is 0 Å². The fraction of sp³-hybridized carbons (Fsp3) is 0.333. The van der Waals surface area contributed by atoms with E-state index in [2.05, 4.69) is 15.9 Å². The van der Waals surface area contributed by atoms with Gasteiger partial charge in [-0.15, -0.1) is 12.4 Å². The van der Waals surface area contributed by atoms with Crippen molar-refractivity contribution in [1.29, 1.82) is 0 Å².